The number of hydrogen-bond acceptors (Lipinski definition) is 1. The van der Waals surface area contributed by atoms with Crippen LogP contribution in [0.3, 0.4) is 0 Å². The largest absolute Gasteiger partial charge is 0.378 e. The van der Waals surface area contributed by atoms with Crippen molar-refractivity contribution in [2.45, 2.75) is 39.7 Å². The van der Waals surface area contributed by atoms with E-state index in [1.54, 1.807) is 0 Å². The molecule has 10 heavy (non-hydrogen) atoms. The Kier molecular flexibility index (Phi) is 2.72. The average Bonchev–Trinajstić information content (AvgIpc) is 2.33. The first-order valence-corrected chi connectivity index (χ1v) is 4.37. The third-order valence-electron chi connectivity index (χ3n) is 2.45. The Labute approximate surface area is 63.8 Å². The monoisotopic (exact) mass is 142 g/mol. The van der Waals surface area contributed by atoms with E-state index in [4.69, 9.17) is 4.74 Å². The van der Waals surface area contributed by atoms with Gasteiger partial charge in [0.2, 0.25) is 0 Å². The van der Waals surface area contributed by atoms with Crippen molar-refractivity contribution in [1.29, 1.82) is 0 Å². The van der Waals surface area contributed by atoms with Gasteiger partial charge in [-0.05, 0) is 18.3 Å². The minimum atomic E-state index is 0.546. The molecule has 1 aliphatic heterocycles. The molecule has 0 saturated carbocycles. The van der Waals surface area contributed by atoms with Crippen molar-refractivity contribution in [2.75, 3.05) is 6.61 Å². The van der Waals surface area contributed by atoms with Gasteiger partial charge in [-0.15, -0.1) is 0 Å². The van der Waals surface area contributed by atoms with Crippen LogP contribution in [0.2, 0.25) is 0 Å². The van der Waals surface area contributed by atoms with E-state index >= 15 is 0 Å². The lowest BCUT2D eigenvalue weighted by Crippen LogP contribution is -2.21. The van der Waals surface area contributed by atoms with Crippen LogP contribution in [0.1, 0.15) is 33.6 Å². The molecule has 1 aliphatic rings. The van der Waals surface area contributed by atoms with Crippen molar-refractivity contribution >= 4 is 0 Å². The summed E-state index contributed by atoms with van der Waals surface area (Å²) >= 11 is 0. The standard InChI is InChI=1S/C9H18O/c1-4-8-5-6-10-9(8)7(2)3/h7-9H,4-6H2,1-3H3/t8?,9-/m1/s1. The second-order valence-corrected chi connectivity index (χ2v) is 3.54. The van der Waals surface area contributed by atoms with E-state index in [0.29, 0.717) is 12.0 Å². The Morgan fingerprint density at radius 1 is 1.50 bits per heavy atom. The molecular weight excluding hydrogens is 124 g/mol. The van der Waals surface area contributed by atoms with E-state index < -0.39 is 0 Å². The van der Waals surface area contributed by atoms with Crippen LogP contribution in [-0.4, -0.2) is 12.7 Å². The van der Waals surface area contributed by atoms with Crippen molar-refractivity contribution in [1.82, 2.24) is 0 Å². The number of ether oxygens (including phenoxy) is 1. The summed E-state index contributed by atoms with van der Waals surface area (Å²) in [6, 6.07) is 0. The quantitative estimate of drug-likeness (QED) is 0.575. The lowest BCUT2D eigenvalue weighted by Gasteiger charge is -2.20. The molecule has 0 radical (unpaired) electrons. The molecule has 0 bridgehead atoms. The molecule has 1 unspecified atom stereocenters. The number of hydrogen-bond donors (Lipinski definition) is 0. The van der Waals surface area contributed by atoms with E-state index in [2.05, 4.69) is 20.8 Å². The first-order chi connectivity index (χ1) is 4.75. The van der Waals surface area contributed by atoms with Crippen molar-refractivity contribution in [3.63, 3.8) is 0 Å². The summed E-state index contributed by atoms with van der Waals surface area (Å²) in [5.41, 5.74) is 0. The van der Waals surface area contributed by atoms with Crippen molar-refractivity contribution in [3.8, 4) is 0 Å². The molecule has 1 fully saturated rings. The molecule has 2 atom stereocenters. The zero-order valence-electron chi connectivity index (χ0n) is 7.26. The summed E-state index contributed by atoms with van der Waals surface area (Å²) in [5, 5.41) is 0. The molecule has 0 aromatic rings. The predicted octanol–water partition coefficient (Wildman–Crippen LogP) is 2.46. The van der Waals surface area contributed by atoms with Crippen molar-refractivity contribution < 1.29 is 4.74 Å². The molecule has 1 saturated heterocycles. The first-order valence-electron chi connectivity index (χ1n) is 4.37. The van der Waals surface area contributed by atoms with Crippen molar-refractivity contribution in [3.05, 3.63) is 0 Å². The third kappa shape index (κ3) is 1.51. The molecule has 0 aromatic carbocycles. The van der Waals surface area contributed by atoms with Crippen LogP contribution in [0.4, 0.5) is 0 Å². The Hall–Kier alpha value is -0.0400. The van der Waals surface area contributed by atoms with Crippen LogP contribution >= 0.6 is 0 Å². The Bertz CT molecular complexity index is 98.9. The summed E-state index contributed by atoms with van der Waals surface area (Å²) in [7, 11) is 0. The molecule has 1 rings (SSSR count). The van der Waals surface area contributed by atoms with Gasteiger partial charge < -0.3 is 4.74 Å². The van der Waals surface area contributed by atoms with Crippen LogP contribution in [0.15, 0.2) is 0 Å². The molecule has 0 aliphatic carbocycles. The topological polar surface area (TPSA) is 9.23 Å². The zero-order valence-corrected chi connectivity index (χ0v) is 7.26. The Morgan fingerprint density at radius 3 is 2.60 bits per heavy atom. The Balaban J connectivity index is 2.42. The molecule has 1 heteroatoms. The third-order valence-corrected chi connectivity index (χ3v) is 2.45. The van der Waals surface area contributed by atoms with Gasteiger partial charge in [-0.2, -0.15) is 0 Å². The van der Waals surface area contributed by atoms with Crippen molar-refractivity contribution in [2.24, 2.45) is 11.8 Å². The van der Waals surface area contributed by atoms with Crippen LogP contribution in [0.5, 0.6) is 0 Å². The van der Waals surface area contributed by atoms with Gasteiger partial charge in [-0.1, -0.05) is 27.2 Å². The SMILES string of the molecule is CCC1CCO[C@@H]1C(C)C. The molecule has 0 N–H and O–H groups in total. The van der Waals surface area contributed by atoms with Gasteiger partial charge in [-0.3, -0.25) is 0 Å². The second kappa shape index (κ2) is 3.38. The number of rotatable bonds is 2. The minimum Gasteiger partial charge on any atom is -0.378 e. The fourth-order valence-corrected chi connectivity index (χ4v) is 1.83. The highest BCUT2D eigenvalue weighted by atomic mass is 16.5. The summed E-state index contributed by atoms with van der Waals surface area (Å²) in [4.78, 5) is 0. The lowest BCUT2D eigenvalue weighted by atomic mass is 9.91. The summed E-state index contributed by atoms with van der Waals surface area (Å²) in [6.07, 6.45) is 3.10. The molecule has 0 amide bonds. The Morgan fingerprint density at radius 2 is 2.20 bits per heavy atom. The van der Waals surface area contributed by atoms with E-state index in [1.807, 2.05) is 0 Å². The van der Waals surface area contributed by atoms with E-state index in [0.717, 1.165) is 12.5 Å². The smallest absolute Gasteiger partial charge is 0.0626 e. The maximum absolute atomic E-state index is 5.62. The lowest BCUT2D eigenvalue weighted by molar-refractivity contribution is 0.0532. The highest BCUT2D eigenvalue weighted by Crippen LogP contribution is 2.28. The summed E-state index contributed by atoms with van der Waals surface area (Å²) in [5.74, 6) is 1.53. The van der Waals surface area contributed by atoms with Gasteiger partial charge in [0.15, 0.2) is 0 Å². The maximum atomic E-state index is 5.62. The molecular formula is C9H18O. The maximum Gasteiger partial charge on any atom is 0.0626 e. The van der Waals surface area contributed by atoms with Gasteiger partial charge in [-0.25, -0.2) is 0 Å². The predicted molar refractivity (Wildman–Crippen MR) is 43.0 cm³/mol. The van der Waals surface area contributed by atoms with E-state index in [1.165, 1.54) is 12.8 Å². The van der Waals surface area contributed by atoms with Gasteiger partial charge >= 0.3 is 0 Å². The molecule has 0 aromatic heterocycles. The van der Waals surface area contributed by atoms with E-state index in [-0.39, 0.29) is 0 Å². The van der Waals surface area contributed by atoms with Gasteiger partial charge in [0.1, 0.15) is 0 Å². The summed E-state index contributed by atoms with van der Waals surface area (Å²) < 4.78 is 5.62. The van der Waals surface area contributed by atoms with Crippen LogP contribution < -0.4 is 0 Å². The molecule has 60 valence electrons. The first kappa shape index (κ1) is 8.06. The normalized spacial score (nSPS) is 33.6. The van der Waals surface area contributed by atoms with Gasteiger partial charge in [0.25, 0.3) is 0 Å². The molecule has 0 spiro atoms. The van der Waals surface area contributed by atoms with E-state index in [9.17, 15) is 0 Å². The molecule has 1 nitrogen and oxygen atoms in total. The van der Waals surface area contributed by atoms with Crippen LogP contribution in [0.25, 0.3) is 0 Å². The highest BCUT2D eigenvalue weighted by molar-refractivity contribution is 4.77. The zero-order chi connectivity index (χ0) is 7.56. The van der Waals surface area contributed by atoms with Gasteiger partial charge in [0, 0.05) is 6.61 Å². The molecule has 1 heterocycles. The average molecular weight is 142 g/mol. The minimum absolute atomic E-state index is 0.546. The second-order valence-electron chi connectivity index (χ2n) is 3.54. The fourth-order valence-electron chi connectivity index (χ4n) is 1.83. The van der Waals surface area contributed by atoms with Crippen LogP contribution in [0, 0.1) is 11.8 Å². The summed E-state index contributed by atoms with van der Waals surface area (Å²) in [6.45, 7) is 7.74. The van der Waals surface area contributed by atoms with Gasteiger partial charge in [0.05, 0.1) is 6.10 Å². The van der Waals surface area contributed by atoms with Crippen LogP contribution in [-0.2, 0) is 4.74 Å². The fraction of sp³-hybridized carbons (Fsp3) is 1.00. The highest BCUT2D eigenvalue weighted by Gasteiger charge is 2.28.